The van der Waals surface area contributed by atoms with Crippen molar-refractivity contribution in [2.45, 2.75) is 24.0 Å². The van der Waals surface area contributed by atoms with Gasteiger partial charge in [-0.1, -0.05) is 13.8 Å². The van der Waals surface area contributed by atoms with Gasteiger partial charge in [-0.3, -0.25) is 0 Å². The van der Waals surface area contributed by atoms with Crippen LogP contribution in [0.15, 0.2) is 9.59 Å². The third kappa shape index (κ3) is 2.03. The number of thiophene rings is 1. The van der Waals surface area contributed by atoms with Crippen LogP contribution in [-0.2, 0) is 9.84 Å². The second kappa shape index (κ2) is 3.31. The van der Waals surface area contributed by atoms with Gasteiger partial charge in [0.1, 0.15) is 5.75 Å². The standard InChI is InChI=1S/C8H12O3S2/c1-5(2)6-4-12-8(7(6)9)13(3,10)11/h4-5,9H,1-3H3. The molecule has 0 radical (unpaired) electrons. The van der Waals surface area contributed by atoms with Gasteiger partial charge in [-0.2, -0.15) is 0 Å². The number of sulfone groups is 1. The van der Waals surface area contributed by atoms with Crippen LogP contribution >= 0.6 is 11.3 Å². The quantitative estimate of drug-likeness (QED) is 0.829. The molecule has 0 unspecified atom stereocenters. The van der Waals surface area contributed by atoms with E-state index >= 15 is 0 Å². The lowest BCUT2D eigenvalue weighted by Gasteiger charge is -2.02. The van der Waals surface area contributed by atoms with Gasteiger partial charge in [-0.05, 0) is 11.3 Å². The molecule has 74 valence electrons. The van der Waals surface area contributed by atoms with E-state index in [-0.39, 0.29) is 15.9 Å². The Hall–Kier alpha value is -0.550. The third-order valence-corrected chi connectivity index (χ3v) is 4.56. The lowest BCUT2D eigenvalue weighted by molar-refractivity contribution is 0.454. The summed E-state index contributed by atoms with van der Waals surface area (Å²) in [5.41, 5.74) is 0.699. The van der Waals surface area contributed by atoms with Crippen molar-refractivity contribution >= 4 is 21.2 Å². The van der Waals surface area contributed by atoms with E-state index in [1.165, 1.54) is 0 Å². The Morgan fingerprint density at radius 3 is 2.23 bits per heavy atom. The van der Waals surface area contributed by atoms with E-state index in [1.807, 2.05) is 13.8 Å². The maximum Gasteiger partial charge on any atom is 0.188 e. The van der Waals surface area contributed by atoms with Gasteiger partial charge >= 0.3 is 0 Å². The third-order valence-electron chi connectivity index (χ3n) is 1.72. The Bertz CT molecular complexity index is 401. The molecule has 0 aromatic carbocycles. The summed E-state index contributed by atoms with van der Waals surface area (Å²) < 4.78 is 22.3. The predicted octanol–water partition coefficient (Wildman–Crippen LogP) is 1.98. The molecular formula is C8H12O3S2. The van der Waals surface area contributed by atoms with Crippen LogP contribution in [-0.4, -0.2) is 19.8 Å². The molecule has 0 amide bonds. The van der Waals surface area contributed by atoms with Crippen molar-refractivity contribution < 1.29 is 13.5 Å². The highest BCUT2D eigenvalue weighted by molar-refractivity contribution is 7.92. The summed E-state index contributed by atoms with van der Waals surface area (Å²) >= 11 is 1.07. The van der Waals surface area contributed by atoms with Crippen LogP contribution in [0.3, 0.4) is 0 Å². The molecule has 0 saturated carbocycles. The van der Waals surface area contributed by atoms with Crippen LogP contribution in [0.25, 0.3) is 0 Å². The molecule has 5 heteroatoms. The van der Waals surface area contributed by atoms with E-state index in [4.69, 9.17) is 0 Å². The summed E-state index contributed by atoms with van der Waals surface area (Å²) in [5.74, 6) is 0.0641. The van der Waals surface area contributed by atoms with Crippen molar-refractivity contribution in [3.8, 4) is 5.75 Å². The van der Waals surface area contributed by atoms with Gasteiger partial charge in [0.15, 0.2) is 14.0 Å². The van der Waals surface area contributed by atoms with Crippen molar-refractivity contribution in [2.24, 2.45) is 0 Å². The van der Waals surface area contributed by atoms with E-state index in [1.54, 1.807) is 5.38 Å². The largest absolute Gasteiger partial charge is 0.505 e. The van der Waals surface area contributed by atoms with Crippen LogP contribution in [0, 0.1) is 0 Å². The zero-order valence-corrected chi connectivity index (χ0v) is 9.37. The first-order chi connectivity index (χ1) is 5.84. The number of hydrogen-bond acceptors (Lipinski definition) is 4. The highest BCUT2D eigenvalue weighted by Crippen LogP contribution is 2.37. The second-order valence-electron chi connectivity index (χ2n) is 3.25. The molecule has 0 spiro atoms. The first kappa shape index (κ1) is 10.5. The Labute approximate surface area is 82.0 Å². The number of hydrogen-bond donors (Lipinski definition) is 1. The topological polar surface area (TPSA) is 54.4 Å². The fourth-order valence-electron chi connectivity index (χ4n) is 1.02. The average Bonchev–Trinajstić information content (AvgIpc) is 2.28. The van der Waals surface area contributed by atoms with E-state index in [2.05, 4.69) is 0 Å². The van der Waals surface area contributed by atoms with Crippen molar-refractivity contribution in [1.29, 1.82) is 0 Å². The molecule has 0 fully saturated rings. The highest BCUT2D eigenvalue weighted by Gasteiger charge is 2.20. The van der Waals surface area contributed by atoms with Gasteiger partial charge in [0.25, 0.3) is 0 Å². The van der Waals surface area contributed by atoms with Crippen molar-refractivity contribution in [3.05, 3.63) is 10.9 Å². The predicted molar refractivity (Wildman–Crippen MR) is 53.2 cm³/mol. The Morgan fingerprint density at radius 2 is 2.00 bits per heavy atom. The Morgan fingerprint density at radius 1 is 1.46 bits per heavy atom. The van der Waals surface area contributed by atoms with Crippen molar-refractivity contribution in [2.75, 3.05) is 6.26 Å². The highest BCUT2D eigenvalue weighted by atomic mass is 32.2. The monoisotopic (exact) mass is 220 g/mol. The van der Waals surface area contributed by atoms with E-state index in [0.29, 0.717) is 5.56 Å². The maximum absolute atomic E-state index is 11.1. The van der Waals surface area contributed by atoms with Gasteiger partial charge in [0.2, 0.25) is 0 Å². The molecule has 0 atom stereocenters. The summed E-state index contributed by atoms with van der Waals surface area (Å²) in [6.45, 7) is 3.82. The van der Waals surface area contributed by atoms with E-state index in [9.17, 15) is 13.5 Å². The molecule has 0 aliphatic rings. The van der Waals surface area contributed by atoms with Crippen molar-refractivity contribution in [3.63, 3.8) is 0 Å². The summed E-state index contributed by atoms with van der Waals surface area (Å²) in [5, 5.41) is 11.3. The summed E-state index contributed by atoms with van der Waals surface area (Å²) in [4.78, 5) is 0. The molecule has 1 N–H and O–H groups in total. The molecule has 1 heterocycles. The van der Waals surface area contributed by atoms with Gasteiger partial charge in [0, 0.05) is 11.8 Å². The summed E-state index contributed by atoms with van der Waals surface area (Å²) in [6.07, 6.45) is 1.10. The first-order valence-corrected chi connectivity index (χ1v) is 6.61. The molecule has 3 nitrogen and oxygen atoms in total. The normalized spacial score (nSPS) is 12.3. The summed E-state index contributed by atoms with van der Waals surface area (Å²) in [6, 6.07) is 0. The smallest absolute Gasteiger partial charge is 0.188 e. The molecular weight excluding hydrogens is 208 g/mol. The molecule has 1 aromatic heterocycles. The van der Waals surface area contributed by atoms with Crippen LogP contribution in [0.1, 0.15) is 25.3 Å². The lowest BCUT2D eigenvalue weighted by Crippen LogP contribution is -1.94. The van der Waals surface area contributed by atoms with Gasteiger partial charge < -0.3 is 5.11 Å². The molecule has 1 rings (SSSR count). The molecule has 0 saturated heterocycles. The molecule has 0 bridgehead atoms. The van der Waals surface area contributed by atoms with Gasteiger partial charge in [-0.25, -0.2) is 8.42 Å². The fraction of sp³-hybridized carbons (Fsp3) is 0.500. The van der Waals surface area contributed by atoms with E-state index in [0.717, 1.165) is 17.6 Å². The number of rotatable bonds is 2. The minimum absolute atomic E-state index is 0.0659. The molecule has 1 aromatic rings. The zero-order chi connectivity index (χ0) is 10.2. The average molecular weight is 220 g/mol. The Balaban J connectivity index is 3.30. The van der Waals surface area contributed by atoms with Crippen LogP contribution < -0.4 is 0 Å². The SMILES string of the molecule is CC(C)c1csc(S(C)(=O)=O)c1O. The lowest BCUT2D eigenvalue weighted by atomic mass is 10.1. The van der Waals surface area contributed by atoms with Crippen LogP contribution in [0.5, 0.6) is 5.75 Å². The fourth-order valence-corrected chi connectivity index (χ4v) is 3.18. The van der Waals surface area contributed by atoms with Gasteiger partial charge in [0.05, 0.1) is 0 Å². The molecule has 0 aliphatic heterocycles. The van der Waals surface area contributed by atoms with Crippen LogP contribution in [0.4, 0.5) is 0 Å². The Kier molecular flexibility index (Phi) is 2.68. The minimum atomic E-state index is -3.28. The number of aromatic hydroxyl groups is 1. The van der Waals surface area contributed by atoms with Crippen molar-refractivity contribution in [1.82, 2.24) is 0 Å². The van der Waals surface area contributed by atoms with E-state index < -0.39 is 9.84 Å². The second-order valence-corrected chi connectivity index (χ2v) is 6.34. The van der Waals surface area contributed by atoms with Crippen LogP contribution in [0.2, 0.25) is 0 Å². The maximum atomic E-state index is 11.1. The zero-order valence-electron chi connectivity index (χ0n) is 7.73. The molecule has 13 heavy (non-hydrogen) atoms. The summed E-state index contributed by atoms with van der Waals surface area (Å²) in [7, 11) is -3.28. The molecule has 0 aliphatic carbocycles. The first-order valence-electron chi connectivity index (χ1n) is 3.84. The van der Waals surface area contributed by atoms with Gasteiger partial charge in [-0.15, -0.1) is 11.3 Å². The minimum Gasteiger partial charge on any atom is -0.505 e.